The van der Waals surface area contributed by atoms with E-state index in [2.05, 4.69) is 4.98 Å². The monoisotopic (exact) mass is 509 g/mol. The third-order valence-corrected chi connectivity index (χ3v) is 9.08. The van der Waals surface area contributed by atoms with Crippen LogP contribution in [0.3, 0.4) is 0 Å². The van der Waals surface area contributed by atoms with Crippen LogP contribution in [0.15, 0.2) is 83.8 Å². The van der Waals surface area contributed by atoms with Crippen LogP contribution in [0, 0.1) is 11.7 Å². The normalized spacial score (nSPS) is 16.9. The van der Waals surface area contributed by atoms with E-state index in [1.807, 2.05) is 30.3 Å². The molecule has 9 heteroatoms. The number of carbonyl (C=O) groups is 1. The van der Waals surface area contributed by atoms with Crippen molar-refractivity contribution < 1.29 is 17.6 Å². The number of sulfonamides is 1. The summed E-state index contributed by atoms with van der Waals surface area (Å²) in [5.74, 6) is -1.17. The SMILES string of the molecule is O=C(C1CCCN(S(=O)(=O)c2ccccc2)C1)N(Cc1ccccc1)c1nc2c(F)cccc2s1. The Labute approximate surface area is 207 Å². The molecule has 1 fully saturated rings. The molecule has 4 aromatic rings. The summed E-state index contributed by atoms with van der Waals surface area (Å²) in [7, 11) is -3.70. The van der Waals surface area contributed by atoms with Crippen molar-refractivity contribution in [1.29, 1.82) is 0 Å². The molecule has 2 heterocycles. The topological polar surface area (TPSA) is 70.6 Å². The maximum Gasteiger partial charge on any atom is 0.243 e. The zero-order valence-corrected chi connectivity index (χ0v) is 20.5. The number of hydrogen-bond acceptors (Lipinski definition) is 5. The van der Waals surface area contributed by atoms with Gasteiger partial charge in [0.25, 0.3) is 0 Å². The molecule has 0 radical (unpaired) electrons. The van der Waals surface area contributed by atoms with Gasteiger partial charge in [-0.25, -0.2) is 17.8 Å². The van der Waals surface area contributed by atoms with Gasteiger partial charge in [-0.2, -0.15) is 4.31 Å². The minimum Gasteiger partial charge on any atom is -0.283 e. The van der Waals surface area contributed by atoms with Gasteiger partial charge >= 0.3 is 0 Å². The minimum atomic E-state index is -3.70. The van der Waals surface area contributed by atoms with E-state index >= 15 is 0 Å². The number of hydrogen-bond donors (Lipinski definition) is 0. The lowest BCUT2D eigenvalue weighted by molar-refractivity contribution is -0.123. The molecule has 1 aromatic heterocycles. The maximum absolute atomic E-state index is 14.4. The minimum absolute atomic E-state index is 0.0978. The van der Waals surface area contributed by atoms with Crippen molar-refractivity contribution in [1.82, 2.24) is 9.29 Å². The number of anilines is 1. The second kappa shape index (κ2) is 9.85. The third-order valence-electron chi connectivity index (χ3n) is 6.15. The van der Waals surface area contributed by atoms with Crippen LogP contribution in [-0.4, -0.2) is 36.7 Å². The van der Waals surface area contributed by atoms with Gasteiger partial charge in [0, 0.05) is 13.1 Å². The standard InChI is InChI=1S/C26H24FN3O3S2/c27-22-14-7-15-23-24(22)28-26(34-23)30(17-19-9-3-1-4-10-19)25(31)20-11-8-16-29(18-20)35(32,33)21-12-5-2-6-13-21/h1-7,9-10,12-15,20H,8,11,16-18H2. The number of fused-ring (bicyclic) bond motifs is 1. The predicted octanol–water partition coefficient (Wildman–Crippen LogP) is 5.07. The van der Waals surface area contributed by atoms with Crippen LogP contribution in [0.5, 0.6) is 0 Å². The highest BCUT2D eigenvalue weighted by Crippen LogP contribution is 2.33. The van der Waals surface area contributed by atoms with Gasteiger partial charge in [-0.05, 0) is 42.7 Å². The van der Waals surface area contributed by atoms with E-state index in [-0.39, 0.29) is 29.4 Å². The second-order valence-electron chi connectivity index (χ2n) is 8.51. The van der Waals surface area contributed by atoms with Crippen LogP contribution in [0.1, 0.15) is 18.4 Å². The molecule has 1 aliphatic rings. The first-order valence-electron chi connectivity index (χ1n) is 11.4. The number of thiazole rings is 1. The summed E-state index contributed by atoms with van der Waals surface area (Å²) in [5.41, 5.74) is 1.14. The van der Waals surface area contributed by atoms with E-state index in [9.17, 15) is 17.6 Å². The van der Waals surface area contributed by atoms with E-state index in [0.29, 0.717) is 29.2 Å². The molecule has 1 amide bonds. The molecule has 0 N–H and O–H groups in total. The van der Waals surface area contributed by atoms with Crippen LogP contribution < -0.4 is 4.90 Å². The maximum atomic E-state index is 14.4. The molecule has 1 saturated heterocycles. The molecule has 1 aliphatic heterocycles. The molecular formula is C26H24FN3O3S2. The Morgan fingerprint density at radius 2 is 1.74 bits per heavy atom. The van der Waals surface area contributed by atoms with Crippen LogP contribution >= 0.6 is 11.3 Å². The highest BCUT2D eigenvalue weighted by atomic mass is 32.2. The molecule has 0 bridgehead atoms. The number of aromatic nitrogens is 1. The van der Waals surface area contributed by atoms with Crippen molar-refractivity contribution in [3.63, 3.8) is 0 Å². The molecule has 180 valence electrons. The smallest absolute Gasteiger partial charge is 0.243 e. The van der Waals surface area contributed by atoms with Crippen molar-refractivity contribution in [2.24, 2.45) is 5.92 Å². The summed E-state index contributed by atoms with van der Waals surface area (Å²) in [6.45, 7) is 0.732. The Kier molecular flexibility index (Phi) is 6.64. The summed E-state index contributed by atoms with van der Waals surface area (Å²) in [4.78, 5) is 20.1. The Bertz CT molecular complexity index is 1440. The van der Waals surface area contributed by atoms with Gasteiger partial charge in [-0.1, -0.05) is 65.9 Å². The number of piperidine rings is 1. The summed E-state index contributed by atoms with van der Waals surface area (Å²) >= 11 is 1.26. The number of benzene rings is 3. The van der Waals surface area contributed by atoms with Crippen molar-refractivity contribution in [2.45, 2.75) is 24.3 Å². The summed E-state index contributed by atoms with van der Waals surface area (Å²) in [6.07, 6.45) is 1.15. The first-order chi connectivity index (χ1) is 16.9. The Morgan fingerprint density at radius 1 is 1.03 bits per heavy atom. The lowest BCUT2D eigenvalue weighted by Gasteiger charge is -2.33. The molecule has 0 spiro atoms. The summed E-state index contributed by atoms with van der Waals surface area (Å²) < 4.78 is 42.8. The Hall–Kier alpha value is -3.14. The average molecular weight is 510 g/mol. The highest BCUT2D eigenvalue weighted by molar-refractivity contribution is 7.89. The first kappa shape index (κ1) is 23.6. The molecule has 0 saturated carbocycles. The van der Waals surface area contributed by atoms with Gasteiger partial charge in [0.05, 0.1) is 22.1 Å². The average Bonchev–Trinajstić information content (AvgIpc) is 3.33. The molecule has 1 atom stereocenters. The Balaban J connectivity index is 1.46. The zero-order chi connectivity index (χ0) is 24.4. The lowest BCUT2D eigenvalue weighted by atomic mass is 9.98. The molecule has 3 aromatic carbocycles. The number of para-hydroxylation sites is 1. The number of halogens is 1. The van der Waals surface area contributed by atoms with E-state index in [4.69, 9.17) is 0 Å². The highest BCUT2D eigenvalue weighted by Gasteiger charge is 2.36. The predicted molar refractivity (Wildman–Crippen MR) is 135 cm³/mol. The van der Waals surface area contributed by atoms with E-state index in [0.717, 1.165) is 5.56 Å². The Morgan fingerprint density at radius 3 is 2.46 bits per heavy atom. The van der Waals surface area contributed by atoms with E-state index < -0.39 is 21.8 Å². The fraction of sp³-hybridized carbons (Fsp3) is 0.231. The van der Waals surface area contributed by atoms with Gasteiger partial charge in [0.2, 0.25) is 15.9 Å². The molecule has 35 heavy (non-hydrogen) atoms. The largest absolute Gasteiger partial charge is 0.283 e. The van der Waals surface area contributed by atoms with E-state index in [1.54, 1.807) is 47.4 Å². The molecule has 6 nitrogen and oxygen atoms in total. The number of rotatable bonds is 6. The second-order valence-corrected chi connectivity index (χ2v) is 11.5. The van der Waals surface area contributed by atoms with Crippen molar-refractivity contribution in [3.8, 4) is 0 Å². The molecule has 5 rings (SSSR count). The summed E-state index contributed by atoms with van der Waals surface area (Å²) in [5, 5.41) is 0.405. The lowest BCUT2D eigenvalue weighted by Crippen LogP contribution is -2.46. The fourth-order valence-electron chi connectivity index (χ4n) is 4.35. The quantitative estimate of drug-likeness (QED) is 0.364. The van der Waals surface area contributed by atoms with Crippen molar-refractivity contribution in [3.05, 3.63) is 90.2 Å². The van der Waals surface area contributed by atoms with Gasteiger partial charge in [-0.15, -0.1) is 0 Å². The fourth-order valence-corrected chi connectivity index (χ4v) is 6.88. The van der Waals surface area contributed by atoms with Crippen molar-refractivity contribution in [2.75, 3.05) is 18.0 Å². The third kappa shape index (κ3) is 4.84. The van der Waals surface area contributed by atoms with E-state index in [1.165, 1.54) is 21.7 Å². The first-order valence-corrected chi connectivity index (χ1v) is 13.6. The molecular weight excluding hydrogens is 485 g/mol. The number of amides is 1. The van der Waals surface area contributed by atoms with Crippen molar-refractivity contribution >= 4 is 42.6 Å². The van der Waals surface area contributed by atoms with Gasteiger partial charge < -0.3 is 0 Å². The molecule has 1 unspecified atom stereocenters. The van der Waals surface area contributed by atoms with Gasteiger partial charge in [0.1, 0.15) is 11.3 Å². The van der Waals surface area contributed by atoms with Crippen LogP contribution in [0.2, 0.25) is 0 Å². The zero-order valence-electron chi connectivity index (χ0n) is 18.9. The van der Waals surface area contributed by atoms with Crippen LogP contribution in [-0.2, 0) is 21.4 Å². The molecule has 0 aliphatic carbocycles. The van der Waals surface area contributed by atoms with Gasteiger partial charge in [0.15, 0.2) is 5.13 Å². The van der Waals surface area contributed by atoms with Crippen LogP contribution in [0.25, 0.3) is 10.2 Å². The number of nitrogens with zero attached hydrogens (tertiary/aromatic N) is 3. The van der Waals surface area contributed by atoms with Crippen LogP contribution in [0.4, 0.5) is 9.52 Å². The summed E-state index contributed by atoms with van der Waals surface area (Å²) in [6, 6.07) is 22.5. The number of carbonyl (C=O) groups excluding carboxylic acids is 1. The van der Waals surface area contributed by atoms with Gasteiger partial charge in [-0.3, -0.25) is 9.69 Å².